The van der Waals surface area contributed by atoms with Crippen LogP contribution in [0.1, 0.15) is 99.3 Å². The summed E-state index contributed by atoms with van der Waals surface area (Å²) in [6, 6.07) is 0. The van der Waals surface area contributed by atoms with Crippen LogP contribution in [0.4, 0.5) is 0 Å². The first-order valence-electron chi connectivity index (χ1n) is 14.0. The number of unbranched alkanes of at least 4 members (excludes halogenated alkanes) is 3. The summed E-state index contributed by atoms with van der Waals surface area (Å²) in [4.78, 5) is 51.4. The Labute approximate surface area is 257 Å². The van der Waals surface area contributed by atoms with Gasteiger partial charge in [-0.2, -0.15) is 0 Å². The van der Waals surface area contributed by atoms with Crippen molar-refractivity contribution in [3.8, 4) is 0 Å². The van der Waals surface area contributed by atoms with Gasteiger partial charge in [0.15, 0.2) is 0 Å². The molecule has 0 fully saturated rings. The number of halogens is 1. The van der Waals surface area contributed by atoms with Gasteiger partial charge < -0.3 is 20.4 Å². The second kappa shape index (κ2) is 19.7. The SMILES string of the molecule is CCC(C)(CC(C)(CC(C)(C)C(=O)NCCCCCC(=O)[NH][Ga][I])C(=O)OCCC/C=N/O)C(=O)NCC(C)O. The van der Waals surface area contributed by atoms with Gasteiger partial charge >= 0.3 is 134 Å². The minimum absolute atomic E-state index is 0.0888. The van der Waals surface area contributed by atoms with Crippen molar-refractivity contribution in [2.75, 3.05) is 19.7 Å². The van der Waals surface area contributed by atoms with Crippen molar-refractivity contribution in [3.63, 3.8) is 0 Å². The van der Waals surface area contributed by atoms with E-state index in [1.54, 1.807) is 34.6 Å². The maximum atomic E-state index is 13.5. The third-order valence-electron chi connectivity index (χ3n) is 6.98. The van der Waals surface area contributed by atoms with Crippen molar-refractivity contribution < 1.29 is 34.2 Å². The fourth-order valence-corrected chi connectivity index (χ4v) is 7.04. The molecule has 0 aliphatic heterocycles. The molecule has 0 heterocycles. The molecule has 13 heteroatoms. The largest absolute Gasteiger partial charge is 0.465 e. The number of esters is 1. The molecule has 0 aliphatic carbocycles. The van der Waals surface area contributed by atoms with E-state index in [4.69, 9.17) is 9.94 Å². The molecular formula is C27H49GaIN4O7. The standard InChI is InChI=1S/C27H50N4O7.Ga.HI/c1-7-26(5,23(35)30-17-20(2)32)19-27(6,24(36)38-16-12-11-15-31-37)18-25(3,4)22(34)29-14-10-8-9-13-21(28)33;;/h15,20,32H,7-14,16-19H2,1-6H3,(H5,28,29,30,33,34,35,37);;1H/q;+2;/p-2/b31-15+;;. The second-order valence-corrected chi connectivity index (χ2v) is 15.9. The summed E-state index contributed by atoms with van der Waals surface area (Å²) in [7, 11) is 0. The zero-order chi connectivity index (χ0) is 30.8. The van der Waals surface area contributed by atoms with Gasteiger partial charge in [0.1, 0.15) is 0 Å². The number of nitrogens with zero attached hydrogens (tertiary/aromatic N) is 1. The predicted octanol–water partition coefficient (Wildman–Crippen LogP) is 3.26. The number of carbonyl (C=O) groups excluding carboxylic acids is 4. The van der Waals surface area contributed by atoms with Gasteiger partial charge in [-0.25, -0.2) is 0 Å². The monoisotopic (exact) mass is 737 g/mol. The smallest absolute Gasteiger partial charge is 0.311 e. The summed E-state index contributed by atoms with van der Waals surface area (Å²) in [5.74, 6) is -0.876. The molecule has 0 aromatic rings. The Balaban J connectivity index is 5.51. The number of rotatable bonds is 21. The van der Waals surface area contributed by atoms with Gasteiger partial charge in [0.25, 0.3) is 0 Å². The van der Waals surface area contributed by atoms with Gasteiger partial charge in [0.2, 0.25) is 5.91 Å². The van der Waals surface area contributed by atoms with E-state index in [2.05, 4.69) is 39.5 Å². The Hall–Kier alpha value is -1.32. The zero-order valence-electron chi connectivity index (χ0n) is 25.0. The van der Waals surface area contributed by atoms with Gasteiger partial charge in [0.05, 0.1) is 12.7 Å². The summed E-state index contributed by atoms with van der Waals surface area (Å²) in [6.07, 6.45) is 5.09. The first-order chi connectivity index (χ1) is 18.7. The van der Waals surface area contributed by atoms with Gasteiger partial charge in [-0.3, -0.25) is 9.59 Å². The van der Waals surface area contributed by atoms with Gasteiger partial charge in [-0.1, -0.05) is 13.8 Å². The molecule has 229 valence electrons. The van der Waals surface area contributed by atoms with E-state index in [1.165, 1.54) is 6.21 Å². The molecule has 3 atom stereocenters. The molecule has 5 N–H and O–H groups in total. The fourth-order valence-electron chi connectivity index (χ4n) is 4.68. The Morgan fingerprint density at radius 3 is 2.25 bits per heavy atom. The molecule has 0 saturated heterocycles. The van der Waals surface area contributed by atoms with E-state index >= 15 is 0 Å². The van der Waals surface area contributed by atoms with E-state index in [-0.39, 0.29) is 43.7 Å². The van der Waals surface area contributed by atoms with E-state index in [0.717, 1.165) is 19.3 Å². The average Bonchev–Trinajstić information content (AvgIpc) is 2.88. The van der Waals surface area contributed by atoms with Crippen LogP contribution in [0.25, 0.3) is 0 Å². The topological polar surface area (TPSA) is 166 Å². The van der Waals surface area contributed by atoms with E-state index < -0.39 is 42.4 Å². The van der Waals surface area contributed by atoms with Crippen molar-refractivity contribution in [1.82, 2.24) is 14.7 Å². The third kappa shape index (κ3) is 15.1. The normalized spacial score (nSPS) is 15.4. The summed E-state index contributed by atoms with van der Waals surface area (Å²) in [5.41, 5.74) is -3.03. The van der Waals surface area contributed by atoms with Crippen molar-refractivity contribution in [1.29, 1.82) is 0 Å². The fraction of sp³-hybridized carbons (Fsp3) is 0.815. The summed E-state index contributed by atoms with van der Waals surface area (Å²) < 4.78 is 8.50. The minimum Gasteiger partial charge on any atom is -0.465 e. The molecule has 0 saturated carbocycles. The number of hydrogen-bond donors (Lipinski definition) is 5. The van der Waals surface area contributed by atoms with Crippen LogP contribution in [-0.2, 0) is 23.9 Å². The number of aliphatic hydroxyl groups is 1. The molecular weight excluding hydrogens is 689 g/mol. The molecule has 40 heavy (non-hydrogen) atoms. The van der Waals surface area contributed by atoms with Crippen LogP contribution in [0.15, 0.2) is 5.16 Å². The molecule has 0 aliphatic rings. The first kappa shape index (κ1) is 38.7. The number of oxime groups is 1. The van der Waals surface area contributed by atoms with E-state index in [9.17, 15) is 24.3 Å². The number of carbonyl (C=O) groups is 4. The molecule has 0 bridgehead atoms. The van der Waals surface area contributed by atoms with Crippen molar-refractivity contribution in [2.24, 2.45) is 21.4 Å². The summed E-state index contributed by atoms with van der Waals surface area (Å²) in [5, 5.41) is 26.9. The molecule has 0 spiro atoms. The van der Waals surface area contributed by atoms with Gasteiger partial charge in [-0.05, 0) is 39.5 Å². The van der Waals surface area contributed by atoms with Crippen LogP contribution in [0.5, 0.6) is 0 Å². The van der Waals surface area contributed by atoms with Crippen LogP contribution in [-0.4, -0.2) is 80.1 Å². The molecule has 0 aromatic heterocycles. The Kier molecular flexibility index (Phi) is 19.1. The van der Waals surface area contributed by atoms with E-state index in [0.29, 0.717) is 32.2 Å². The van der Waals surface area contributed by atoms with E-state index in [1.807, 2.05) is 6.92 Å². The number of ether oxygens (including phenoxy) is 1. The van der Waals surface area contributed by atoms with Crippen molar-refractivity contribution in [3.05, 3.63) is 0 Å². The van der Waals surface area contributed by atoms with Crippen LogP contribution in [0, 0.1) is 16.2 Å². The Morgan fingerprint density at radius 2 is 1.68 bits per heavy atom. The Morgan fingerprint density at radius 1 is 1.00 bits per heavy atom. The van der Waals surface area contributed by atoms with Crippen LogP contribution in [0.2, 0.25) is 0 Å². The van der Waals surface area contributed by atoms with Crippen LogP contribution in [0.3, 0.4) is 0 Å². The third-order valence-corrected chi connectivity index (χ3v) is 9.50. The summed E-state index contributed by atoms with van der Waals surface area (Å²) >= 11 is 1.58. The van der Waals surface area contributed by atoms with Crippen molar-refractivity contribution in [2.45, 2.75) is 105 Å². The maximum absolute atomic E-state index is 13.5. The summed E-state index contributed by atoms with van der Waals surface area (Å²) in [6.45, 7) is 11.2. The minimum atomic E-state index is -1.16. The molecule has 3 amide bonds. The Bertz CT molecular complexity index is 844. The predicted molar refractivity (Wildman–Crippen MR) is 164 cm³/mol. The quantitative estimate of drug-likeness (QED) is 0.0230. The average molecular weight is 738 g/mol. The van der Waals surface area contributed by atoms with Gasteiger partial charge in [-0.15, -0.1) is 5.16 Å². The maximum Gasteiger partial charge on any atom is 0.311 e. The van der Waals surface area contributed by atoms with Gasteiger partial charge in [0, 0.05) is 18.2 Å². The van der Waals surface area contributed by atoms with Crippen molar-refractivity contribution >= 4 is 63.7 Å². The first-order valence-corrected chi connectivity index (χ1v) is 22.6. The molecule has 1 radical (unpaired) electrons. The molecule has 11 nitrogen and oxygen atoms in total. The van der Waals surface area contributed by atoms with Crippen LogP contribution >= 0.6 is 19.7 Å². The zero-order valence-corrected chi connectivity index (χ0v) is 29.6. The number of nitrogens with one attached hydrogen (secondary N) is 3. The molecule has 3 unspecified atom stereocenters. The molecule has 0 rings (SSSR count). The number of hydrogen-bond acceptors (Lipinski definition) is 8. The molecule has 0 aromatic carbocycles. The van der Waals surface area contributed by atoms with Crippen LogP contribution < -0.4 is 14.7 Å². The second-order valence-electron chi connectivity index (χ2n) is 11.6. The number of amides is 3. The number of aliphatic hydroxyl groups excluding tert-OH is 1.